The van der Waals surface area contributed by atoms with Crippen molar-refractivity contribution in [3.63, 3.8) is 0 Å². The van der Waals surface area contributed by atoms with Crippen molar-refractivity contribution in [3.05, 3.63) is 0 Å². The van der Waals surface area contributed by atoms with E-state index in [0.29, 0.717) is 19.5 Å². The average molecular weight is 311 g/mol. The van der Waals surface area contributed by atoms with E-state index >= 15 is 0 Å². The van der Waals surface area contributed by atoms with Crippen LogP contribution in [0.15, 0.2) is 0 Å². The fraction of sp³-hybridized carbons (Fsp3) is 0.882. The van der Waals surface area contributed by atoms with E-state index in [9.17, 15) is 9.59 Å². The summed E-state index contributed by atoms with van der Waals surface area (Å²) in [4.78, 5) is 26.6. The van der Waals surface area contributed by atoms with Gasteiger partial charge in [0.15, 0.2) is 0 Å². The largest absolute Gasteiger partial charge is 0.352 e. The summed E-state index contributed by atoms with van der Waals surface area (Å²) < 4.78 is 0. The van der Waals surface area contributed by atoms with Crippen LogP contribution in [0.2, 0.25) is 0 Å². The molecule has 1 aliphatic rings. The molecule has 1 atom stereocenters. The molecule has 1 unspecified atom stereocenters. The van der Waals surface area contributed by atoms with E-state index in [-0.39, 0.29) is 28.8 Å². The molecule has 3 N–H and O–H groups in total. The summed E-state index contributed by atoms with van der Waals surface area (Å²) in [5, 5.41) is 2.96. The van der Waals surface area contributed by atoms with Crippen LogP contribution in [0.25, 0.3) is 0 Å². The Morgan fingerprint density at radius 3 is 2.32 bits per heavy atom. The summed E-state index contributed by atoms with van der Waals surface area (Å²) in [6.07, 6.45) is 3.75. The smallest absolute Gasteiger partial charge is 0.242 e. The van der Waals surface area contributed by atoms with Crippen LogP contribution in [0, 0.1) is 5.41 Å². The van der Waals surface area contributed by atoms with Gasteiger partial charge in [-0.15, -0.1) is 0 Å². The van der Waals surface area contributed by atoms with Gasteiger partial charge >= 0.3 is 0 Å². The monoisotopic (exact) mass is 311 g/mol. The van der Waals surface area contributed by atoms with E-state index in [1.807, 2.05) is 34.6 Å². The van der Waals surface area contributed by atoms with Crippen LogP contribution in [0.4, 0.5) is 0 Å². The fourth-order valence-electron chi connectivity index (χ4n) is 2.77. The normalized spacial score (nSPS) is 19.4. The van der Waals surface area contributed by atoms with Gasteiger partial charge in [0.2, 0.25) is 11.8 Å². The molecule has 2 amide bonds. The summed E-state index contributed by atoms with van der Waals surface area (Å²) in [7, 11) is 0. The summed E-state index contributed by atoms with van der Waals surface area (Å²) in [6.45, 7) is 11.3. The molecule has 1 fully saturated rings. The minimum absolute atomic E-state index is 0.0580. The molecule has 5 nitrogen and oxygen atoms in total. The molecule has 0 spiro atoms. The molecule has 22 heavy (non-hydrogen) atoms. The number of nitrogens with one attached hydrogen (secondary N) is 1. The molecule has 1 rings (SSSR count). The summed E-state index contributed by atoms with van der Waals surface area (Å²) in [5.74, 6) is 0.0200. The topological polar surface area (TPSA) is 75.4 Å². The molecule has 0 aromatic rings. The Kier molecular flexibility index (Phi) is 6.41. The van der Waals surface area contributed by atoms with Gasteiger partial charge in [-0.2, -0.15) is 0 Å². The predicted molar refractivity (Wildman–Crippen MR) is 89.3 cm³/mol. The van der Waals surface area contributed by atoms with Crippen LogP contribution >= 0.6 is 0 Å². The lowest BCUT2D eigenvalue weighted by atomic mass is 9.91. The third-order valence-corrected chi connectivity index (χ3v) is 4.58. The molecule has 1 aliphatic heterocycles. The second-order valence-electron chi connectivity index (χ2n) is 7.77. The molecule has 1 saturated heterocycles. The Labute approximate surface area is 135 Å². The highest BCUT2D eigenvalue weighted by Crippen LogP contribution is 2.25. The number of nitrogens with zero attached hydrogens (tertiary/aromatic N) is 1. The van der Waals surface area contributed by atoms with Crippen molar-refractivity contribution >= 4 is 11.8 Å². The maximum Gasteiger partial charge on any atom is 0.242 e. The minimum Gasteiger partial charge on any atom is -0.352 e. The number of amides is 2. The second-order valence-corrected chi connectivity index (χ2v) is 7.77. The van der Waals surface area contributed by atoms with E-state index in [2.05, 4.69) is 5.32 Å². The molecule has 0 saturated carbocycles. The Morgan fingerprint density at radius 1 is 1.23 bits per heavy atom. The first-order chi connectivity index (χ1) is 10.1. The Morgan fingerprint density at radius 2 is 1.82 bits per heavy atom. The first-order valence-electron chi connectivity index (χ1n) is 8.48. The van der Waals surface area contributed by atoms with Crippen molar-refractivity contribution in [2.45, 2.75) is 78.3 Å². The summed E-state index contributed by atoms with van der Waals surface area (Å²) in [6, 6.07) is -0.326. The first kappa shape index (κ1) is 18.9. The lowest BCUT2D eigenvalue weighted by molar-refractivity contribution is -0.139. The highest BCUT2D eigenvalue weighted by Gasteiger charge is 2.35. The molecule has 128 valence electrons. The standard InChI is InChI=1S/C17H33N3O2/c1-6-17(18,7-2)12-19-15(22)13-9-8-10-20(13)14(21)11-16(3,4)5/h13H,6-12,18H2,1-5H3,(H,19,22). The van der Waals surface area contributed by atoms with Crippen molar-refractivity contribution in [1.82, 2.24) is 10.2 Å². The maximum absolute atomic E-state index is 12.4. The van der Waals surface area contributed by atoms with Crippen molar-refractivity contribution in [2.75, 3.05) is 13.1 Å². The number of carbonyl (C=O) groups is 2. The number of nitrogens with two attached hydrogens (primary N) is 1. The fourth-order valence-corrected chi connectivity index (χ4v) is 2.77. The van der Waals surface area contributed by atoms with Gasteiger partial charge in [0.25, 0.3) is 0 Å². The van der Waals surface area contributed by atoms with E-state index in [1.54, 1.807) is 4.90 Å². The van der Waals surface area contributed by atoms with E-state index in [1.165, 1.54) is 0 Å². The zero-order chi connectivity index (χ0) is 17.0. The van der Waals surface area contributed by atoms with E-state index in [0.717, 1.165) is 25.7 Å². The van der Waals surface area contributed by atoms with Gasteiger partial charge in [-0.1, -0.05) is 34.6 Å². The number of hydrogen-bond donors (Lipinski definition) is 2. The highest BCUT2D eigenvalue weighted by atomic mass is 16.2. The SMILES string of the molecule is CCC(N)(CC)CNC(=O)C1CCCN1C(=O)CC(C)(C)C. The zero-order valence-corrected chi connectivity index (χ0v) is 14.9. The Balaban J connectivity index is 2.62. The van der Waals surface area contributed by atoms with Crippen LogP contribution in [-0.2, 0) is 9.59 Å². The van der Waals surface area contributed by atoms with Crippen molar-refractivity contribution in [1.29, 1.82) is 0 Å². The molecule has 0 aromatic carbocycles. The van der Waals surface area contributed by atoms with Gasteiger partial charge in [0, 0.05) is 25.0 Å². The lowest BCUT2D eigenvalue weighted by Crippen LogP contribution is -2.53. The van der Waals surface area contributed by atoms with Crippen LogP contribution < -0.4 is 11.1 Å². The molecule has 0 aromatic heterocycles. The van der Waals surface area contributed by atoms with Crippen LogP contribution in [0.3, 0.4) is 0 Å². The van der Waals surface area contributed by atoms with E-state index in [4.69, 9.17) is 5.73 Å². The van der Waals surface area contributed by atoms with Gasteiger partial charge < -0.3 is 16.0 Å². The zero-order valence-electron chi connectivity index (χ0n) is 14.9. The molecule has 0 aliphatic carbocycles. The number of likely N-dealkylation sites (tertiary alicyclic amines) is 1. The van der Waals surface area contributed by atoms with Gasteiger partial charge in [-0.05, 0) is 31.1 Å². The van der Waals surface area contributed by atoms with Crippen molar-refractivity contribution < 1.29 is 9.59 Å². The number of rotatable bonds is 6. The molecular weight excluding hydrogens is 278 g/mol. The molecule has 1 heterocycles. The number of carbonyl (C=O) groups excluding carboxylic acids is 2. The first-order valence-corrected chi connectivity index (χ1v) is 8.48. The molecule has 0 bridgehead atoms. The quantitative estimate of drug-likeness (QED) is 0.788. The van der Waals surface area contributed by atoms with Gasteiger partial charge in [-0.3, -0.25) is 9.59 Å². The average Bonchev–Trinajstić information content (AvgIpc) is 2.92. The molecule has 5 heteroatoms. The maximum atomic E-state index is 12.4. The van der Waals surface area contributed by atoms with Crippen LogP contribution in [-0.4, -0.2) is 41.4 Å². The highest BCUT2D eigenvalue weighted by molar-refractivity contribution is 5.88. The predicted octanol–water partition coefficient (Wildman–Crippen LogP) is 2.05. The van der Waals surface area contributed by atoms with Crippen molar-refractivity contribution in [2.24, 2.45) is 11.1 Å². The third kappa shape index (κ3) is 5.27. The van der Waals surface area contributed by atoms with Gasteiger partial charge in [0.05, 0.1) is 0 Å². The van der Waals surface area contributed by atoms with Crippen LogP contribution in [0.5, 0.6) is 0 Å². The van der Waals surface area contributed by atoms with Crippen molar-refractivity contribution in [3.8, 4) is 0 Å². The second kappa shape index (κ2) is 7.44. The molecule has 0 radical (unpaired) electrons. The van der Waals surface area contributed by atoms with Gasteiger partial charge in [0.1, 0.15) is 6.04 Å². The van der Waals surface area contributed by atoms with Gasteiger partial charge in [-0.25, -0.2) is 0 Å². The number of hydrogen-bond acceptors (Lipinski definition) is 3. The summed E-state index contributed by atoms with van der Waals surface area (Å²) in [5.41, 5.74) is 5.82. The molecular formula is C17H33N3O2. The minimum atomic E-state index is -0.353. The van der Waals surface area contributed by atoms with Crippen LogP contribution in [0.1, 0.15) is 66.7 Å². The summed E-state index contributed by atoms with van der Waals surface area (Å²) >= 11 is 0. The lowest BCUT2D eigenvalue weighted by Gasteiger charge is -2.30. The third-order valence-electron chi connectivity index (χ3n) is 4.58. The van der Waals surface area contributed by atoms with E-state index < -0.39 is 0 Å². The Hall–Kier alpha value is -1.10. The Bertz CT molecular complexity index is 397.